The van der Waals surface area contributed by atoms with Crippen LogP contribution in [0.5, 0.6) is 0 Å². The van der Waals surface area contributed by atoms with Gasteiger partial charge >= 0.3 is 0 Å². The van der Waals surface area contributed by atoms with E-state index in [0.29, 0.717) is 5.91 Å². The van der Waals surface area contributed by atoms with Crippen molar-refractivity contribution >= 4 is 5.91 Å². The number of carbonyl (C=O) groups excluding carboxylic acids is 1. The first-order valence-electron chi connectivity index (χ1n) is 6.70. The van der Waals surface area contributed by atoms with E-state index in [9.17, 15) is 4.79 Å². The molecule has 0 radical (unpaired) electrons. The van der Waals surface area contributed by atoms with Gasteiger partial charge in [0.05, 0.1) is 6.04 Å². The highest BCUT2D eigenvalue weighted by atomic mass is 16.2. The summed E-state index contributed by atoms with van der Waals surface area (Å²) in [5.74, 6) is 0.298. The third-order valence-corrected chi connectivity index (χ3v) is 3.84. The molecule has 1 atom stereocenters. The van der Waals surface area contributed by atoms with E-state index in [1.165, 1.54) is 5.57 Å². The zero-order valence-corrected chi connectivity index (χ0v) is 11.3. The van der Waals surface area contributed by atoms with Crippen LogP contribution in [0.3, 0.4) is 0 Å². The van der Waals surface area contributed by atoms with Gasteiger partial charge in [-0.3, -0.25) is 4.79 Å². The Morgan fingerprint density at radius 3 is 2.71 bits per heavy atom. The number of rotatable bonds is 1. The van der Waals surface area contributed by atoms with Crippen LogP contribution in [0.2, 0.25) is 0 Å². The zero-order valence-electron chi connectivity index (χ0n) is 11.3. The SMILES string of the molecule is CC(C)(C)C1=CCN(C(=O)[C@@H]2CCCN2)CC1. The third kappa shape index (κ3) is 2.89. The number of nitrogens with zero attached hydrogens (tertiary/aromatic N) is 1. The summed E-state index contributed by atoms with van der Waals surface area (Å²) < 4.78 is 0. The summed E-state index contributed by atoms with van der Waals surface area (Å²) >= 11 is 0. The molecule has 3 heteroatoms. The van der Waals surface area contributed by atoms with Gasteiger partial charge in [0.2, 0.25) is 5.91 Å². The summed E-state index contributed by atoms with van der Waals surface area (Å²) in [7, 11) is 0. The lowest BCUT2D eigenvalue weighted by atomic mass is 9.83. The average Bonchev–Trinajstić information content (AvgIpc) is 2.80. The molecule has 0 aromatic heterocycles. The Morgan fingerprint density at radius 1 is 1.47 bits per heavy atom. The van der Waals surface area contributed by atoms with E-state index in [-0.39, 0.29) is 11.5 Å². The minimum atomic E-state index is 0.0830. The Bertz CT molecular complexity index is 322. The van der Waals surface area contributed by atoms with Crippen LogP contribution in [0.4, 0.5) is 0 Å². The van der Waals surface area contributed by atoms with Crippen molar-refractivity contribution in [3.8, 4) is 0 Å². The van der Waals surface area contributed by atoms with E-state index in [1.807, 2.05) is 4.90 Å². The molecule has 0 bridgehead atoms. The minimum Gasteiger partial charge on any atom is -0.337 e. The van der Waals surface area contributed by atoms with E-state index in [2.05, 4.69) is 32.2 Å². The van der Waals surface area contributed by atoms with Crippen LogP contribution in [-0.2, 0) is 4.79 Å². The van der Waals surface area contributed by atoms with E-state index in [0.717, 1.165) is 38.9 Å². The highest BCUT2D eigenvalue weighted by Gasteiger charge is 2.29. The van der Waals surface area contributed by atoms with Gasteiger partial charge in [-0.25, -0.2) is 0 Å². The number of hydrogen-bond donors (Lipinski definition) is 1. The maximum Gasteiger partial charge on any atom is 0.239 e. The molecule has 1 saturated heterocycles. The third-order valence-electron chi connectivity index (χ3n) is 3.84. The highest BCUT2D eigenvalue weighted by molar-refractivity contribution is 5.82. The predicted octanol–water partition coefficient (Wildman–Crippen LogP) is 1.94. The molecule has 0 aliphatic carbocycles. The van der Waals surface area contributed by atoms with Crippen molar-refractivity contribution in [1.82, 2.24) is 10.2 Å². The first-order valence-corrected chi connectivity index (χ1v) is 6.70. The monoisotopic (exact) mass is 236 g/mol. The van der Waals surface area contributed by atoms with Crippen molar-refractivity contribution in [2.75, 3.05) is 19.6 Å². The molecule has 1 fully saturated rings. The number of carbonyl (C=O) groups is 1. The Morgan fingerprint density at radius 2 is 2.24 bits per heavy atom. The van der Waals surface area contributed by atoms with Crippen LogP contribution in [0.25, 0.3) is 0 Å². The van der Waals surface area contributed by atoms with Crippen molar-refractivity contribution in [2.24, 2.45) is 5.41 Å². The van der Waals surface area contributed by atoms with E-state index in [4.69, 9.17) is 0 Å². The lowest BCUT2D eigenvalue weighted by molar-refractivity contribution is -0.132. The molecule has 96 valence electrons. The van der Waals surface area contributed by atoms with Crippen LogP contribution in [0.1, 0.15) is 40.0 Å². The molecule has 2 aliphatic heterocycles. The molecule has 1 amide bonds. The van der Waals surface area contributed by atoms with Crippen molar-refractivity contribution in [3.63, 3.8) is 0 Å². The molecule has 3 nitrogen and oxygen atoms in total. The van der Waals surface area contributed by atoms with Crippen LogP contribution in [-0.4, -0.2) is 36.5 Å². The quantitative estimate of drug-likeness (QED) is 0.706. The van der Waals surface area contributed by atoms with Gasteiger partial charge in [-0.15, -0.1) is 0 Å². The van der Waals surface area contributed by atoms with E-state index < -0.39 is 0 Å². The fourth-order valence-electron chi connectivity index (χ4n) is 2.67. The normalized spacial score (nSPS) is 25.9. The second-order valence-corrected chi connectivity index (χ2v) is 6.16. The molecule has 1 N–H and O–H groups in total. The smallest absolute Gasteiger partial charge is 0.239 e. The largest absolute Gasteiger partial charge is 0.337 e. The van der Waals surface area contributed by atoms with Crippen LogP contribution in [0, 0.1) is 5.41 Å². The topological polar surface area (TPSA) is 32.3 Å². The molecule has 2 heterocycles. The maximum atomic E-state index is 12.2. The molecule has 0 spiro atoms. The van der Waals surface area contributed by atoms with Gasteiger partial charge in [-0.05, 0) is 31.2 Å². The Kier molecular flexibility index (Phi) is 3.57. The average molecular weight is 236 g/mol. The van der Waals surface area contributed by atoms with Gasteiger partial charge in [-0.1, -0.05) is 32.4 Å². The van der Waals surface area contributed by atoms with E-state index >= 15 is 0 Å². The second kappa shape index (κ2) is 4.81. The van der Waals surface area contributed by atoms with Gasteiger partial charge in [-0.2, -0.15) is 0 Å². The van der Waals surface area contributed by atoms with Crippen LogP contribution >= 0.6 is 0 Å². The fourth-order valence-corrected chi connectivity index (χ4v) is 2.67. The predicted molar refractivity (Wildman–Crippen MR) is 69.8 cm³/mol. The van der Waals surface area contributed by atoms with Gasteiger partial charge in [0.15, 0.2) is 0 Å². The van der Waals surface area contributed by atoms with E-state index in [1.54, 1.807) is 0 Å². The summed E-state index contributed by atoms with van der Waals surface area (Å²) in [6.45, 7) is 9.41. The lowest BCUT2D eigenvalue weighted by Gasteiger charge is -2.33. The van der Waals surface area contributed by atoms with Crippen molar-refractivity contribution in [3.05, 3.63) is 11.6 Å². The van der Waals surface area contributed by atoms with Gasteiger partial charge < -0.3 is 10.2 Å². The molecule has 0 aromatic rings. The second-order valence-electron chi connectivity index (χ2n) is 6.16. The first-order chi connectivity index (χ1) is 7.98. The summed E-state index contributed by atoms with van der Waals surface area (Å²) in [4.78, 5) is 14.2. The van der Waals surface area contributed by atoms with Crippen molar-refractivity contribution in [2.45, 2.75) is 46.1 Å². The highest BCUT2D eigenvalue weighted by Crippen LogP contribution is 2.30. The Labute approximate surface area is 104 Å². The zero-order chi connectivity index (χ0) is 12.5. The first kappa shape index (κ1) is 12.6. The molecular formula is C14H24N2O. The summed E-state index contributed by atoms with van der Waals surface area (Å²) in [5.41, 5.74) is 1.74. The standard InChI is InChI=1S/C14H24N2O/c1-14(2,3)11-6-9-16(10-7-11)13(17)12-5-4-8-15-12/h6,12,15H,4-5,7-10H2,1-3H3/t12-/m0/s1. The number of hydrogen-bond acceptors (Lipinski definition) is 2. The van der Waals surface area contributed by atoms with Gasteiger partial charge in [0.25, 0.3) is 0 Å². The number of amides is 1. The molecule has 2 rings (SSSR count). The van der Waals surface area contributed by atoms with Crippen LogP contribution < -0.4 is 5.32 Å². The minimum absolute atomic E-state index is 0.0830. The molecule has 0 saturated carbocycles. The van der Waals surface area contributed by atoms with Gasteiger partial charge in [0.1, 0.15) is 0 Å². The lowest BCUT2D eigenvalue weighted by Crippen LogP contribution is -2.45. The molecule has 2 aliphatic rings. The molecule has 17 heavy (non-hydrogen) atoms. The molecule has 0 unspecified atom stereocenters. The maximum absolute atomic E-state index is 12.2. The van der Waals surface area contributed by atoms with Gasteiger partial charge in [0, 0.05) is 13.1 Å². The summed E-state index contributed by atoms with van der Waals surface area (Å²) in [5, 5.41) is 3.28. The molecular weight excluding hydrogens is 212 g/mol. The molecule has 0 aromatic carbocycles. The fraction of sp³-hybridized carbons (Fsp3) is 0.786. The summed E-state index contributed by atoms with van der Waals surface area (Å²) in [6.07, 6.45) is 5.41. The Balaban J connectivity index is 1.94. The van der Waals surface area contributed by atoms with Crippen LogP contribution in [0.15, 0.2) is 11.6 Å². The summed E-state index contributed by atoms with van der Waals surface area (Å²) in [6, 6.07) is 0.0830. The number of nitrogens with one attached hydrogen (secondary N) is 1. The Hall–Kier alpha value is -0.830. The van der Waals surface area contributed by atoms with Crippen molar-refractivity contribution < 1.29 is 4.79 Å². The van der Waals surface area contributed by atoms with Crippen molar-refractivity contribution in [1.29, 1.82) is 0 Å².